The number of hydrogen-bond donors (Lipinski definition) is 0. The Labute approximate surface area is 175 Å². The molecule has 5 nitrogen and oxygen atoms in total. The summed E-state index contributed by atoms with van der Waals surface area (Å²) < 4.78 is 22.6. The molecule has 0 amide bonds. The van der Waals surface area contributed by atoms with Crippen molar-refractivity contribution in [3.05, 3.63) is 42.0 Å². The Morgan fingerprint density at radius 3 is 2.07 bits per heavy atom. The molecule has 0 aromatic heterocycles. The monoisotopic (exact) mass is 418 g/mol. The van der Waals surface area contributed by atoms with Gasteiger partial charge in [0.15, 0.2) is 5.52 Å². The molecule has 2 aromatic carbocycles. The SMILES string of the molecule is CCCCOc1ccc(PC(=O)c2c(OC)cccc2OC)c(OCCCC)c1. The predicted octanol–water partition coefficient (Wildman–Crippen LogP) is 5.21. The van der Waals surface area contributed by atoms with Crippen molar-refractivity contribution in [2.24, 2.45) is 0 Å². The maximum absolute atomic E-state index is 13.1. The molecule has 0 saturated carbocycles. The smallest absolute Gasteiger partial charge is 0.193 e. The summed E-state index contributed by atoms with van der Waals surface area (Å²) in [6, 6.07) is 11.0. The number of hydrogen-bond acceptors (Lipinski definition) is 5. The van der Waals surface area contributed by atoms with E-state index in [9.17, 15) is 4.79 Å². The van der Waals surface area contributed by atoms with Crippen molar-refractivity contribution in [2.75, 3.05) is 27.4 Å². The molecule has 29 heavy (non-hydrogen) atoms. The first-order valence-electron chi connectivity index (χ1n) is 10.1. The van der Waals surface area contributed by atoms with Crippen molar-refractivity contribution in [2.45, 2.75) is 39.5 Å². The van der Waals surface area contributed by atoms with Gasteiger partial charge in [0.25, 0.3) is 0 Å². The molecule has 0 saturated heterocycles. The maximum Gasteiger partial charge on any atom is 0.193 e. The lowest BCUT2D eigenvalue weighted by atomic mass is 10.2. The second-order valence-corrected chi connectivity index (χ2v) is 7.80. The van der Waals surface area contributed by atoms with Crippen LogP contribution < -0.4 is 24.3 Å². The van der Waals surface area contributed by atoms with Gasteiger partial charge < -0.3 is 18.9 Å². The summed E-state index contributed by atoms with van der Waals surface area (Å²) in [5.41, 5.74) is 0.401. The summed E-state index contributed by atoms with van der Waals surface area (Å²) in [5, 5.41) is 0.849. The Hall–Kier alpha value is -2.26. The average Bonchev–Trinajstić information content (AvgIpc) is 2.74. The highest BCUT2D eigenvalue weighted by molar-refractivity contribution is 7.66. The molecular formula is C23H31O5P. The van der Waals surface area contributed by atoms with Crippen LogP contribution in [0.3, 0.4) is 0 Å². The van der Waals surface area contributed by atoms with E-state index in [1.54, 1.807) is 32.4 Å². The van der Waals surface area contributed by atoms with Crippen LogP contribution in [0.1, 0.15) is 49.9 Å². The van der Waals surface area contributed by atoms with Gasteiger partial charge in [0.2, 0.25) is 0 Å². The van der Waals surface area contributed by atoms with Gasteiger partial charge in [-0.25, -0.2) is 0 Å². The first-order valence-corrected chi connectivity index (χ1v) is 11.1. The van der Waals surface area contributed by atoms with E-state index in [0.29, 0.717) is 36.0 Å². The number of benzene rings is 2. The zero-order valence-electron chi connectivity index (χ0n) is 17.7. The average molecular weight is 418 g/mol. The van der Waals surface area contributed by atoms with Crippen LogP contribution in [-0.2, 0) is 0 Å². The summed E-state index contributed by atoms with van der Waals surface area (Å²) in [5.74, 6) is 2.48. The Balaban J connectivity index is 2.27. The highest BCUT2D eigenvalue weighted by Crippen LogP contribution is 2.35. The third kappa shape index (κ3) is 6.64. The predicted molar refractivity (Wildman–Crippen MR) is 119 cm³/mol. The number of carbonyl (C=O) groups is 1. The van der Waals surface area contributed by atoms with E-state index < -0.39 is 0 Å². The first-order chi connectivity index (χ1) is 14.1. The van der Waals surface area contributed by atoms with Crippen LogP contribution in [-0.4, -0.2) is 33.0 Å². The van der Waals surface area contributed by atoms with Crippen LogP contribution in [0.5, 0.6) is 23.0 Å². The molecule has 0 bridgehead atoms. The highest BCUT2D eigenvalue weighted by atomic mass is 31.1. The molecule has 2 aromatic rings. The van der Waals surface area contributed by atoms with Crippen LogP contribution in [0.4, 0.5) is 0 Å². The number of ether oxygens (including phenoxy) is 4. The molecule has 0 N–H and O–H groups in total. The van der Waals surface area contributed by atoms with E-state index in [1.165, 1.54) is 0 Å². The van der Waals surface area contributed by atoms with Gasteiger partial charge in [-0.05, 0) is 45.7 Å². The van der Waals surface area contributed by atoms with Crippen molar-refractivity contribution in [3.8, 4) is 23.0 Å². The molecule has 0 radical (unpaired) electrons. The summed E-state index contributed by atoms with van der Waals surface area (Å²) in [6.45, 7) is 5.53. The van der Waals surface area contributed by atoms with Gasteiger partial charge in [-0.2, -0.15) is 0 Å². The van der Waals surface area contributed by atoms with Gasteiger partial charge in [-0.15, -0.1) is 0 Å². The summed E-state index contributed by atoms with van der Waals surface area (Å²) in [6.07, 6.45) is 4.08. The van der Waals surface area contributed by atoms with Crippen LogP contribution in [0, 0.1) is 0 Å². The molecule has 0 aliphatic carbocycles. The Kier molecular flexibility index (Phi) is 9.79. The molecule has 0 fully saturated rings. The fraction of sp³-hybridized carbons (Fsp3) is 0.435. The van der Waals surface area contributed by atoms with Gasteiger partial charge in [0.1, 0.15) is 28.6 Å². The van der Waals surface area contributed by atoms with Crippen molar-refractivity contribution >= 4 is 19.4 Å². The lowest BCUT2D eigenvalue weighted by Crippen LogP contribution is -2.10. The largest absolute Gasteiger partial charge is 0.496 e. The number of carbonyl (C=O) groups excluding carboxylic acids is 1. The van der Waals surface area contributed by atoms with Gasteiger partial charge >= 0.3 is 0 Å². The fourth-order valence-corrected chi connectivity index (χ4v) is 3.79. The molecule has 2 rings (SSSR count). The van der Waals surface area contributed by atoms with Gasteiger partial charge in [-0.3, -0.25) is 4.79 Å². The van der Waals surface area contributed by atoms with Crippen molar-refractivity contribution in [1.82, 2.24) is 0 Å². The van der Waals surface area contributed by atoms with Crippen molar-refractivity contribution < 1.29 is 23.7 Å². The minimum Gasteiger partial charge on any atom is -0.496 e. The molecule has 0 aliphatic heterocycles. The van der Waals surface area contributed by atoms with Crippen LogP contribution in [0.15, 0.2) is 36.4 Å². The molecular weight excluding hydrogens is 387 g/mol. The zero-order chi connectivity index (χ0) is 21.1. The standard InChI is InChI=1S/C23H31O5P/c1-5-7-14-27-17-12-13-21(20(16-17)28-15-8-6-2)29-23(24)22-18(25-3)10-9-11-19(22)26-4/h9-13,16,29H,5-8,14-15H2,1-4H3. The van der Waals surface area contributed by atoms with Gasteiger partial charge in [0.05, 0.1) is 27.4 Å². The third-order valence-corrected chi connectivity index (χ3v) is 5.54. The lowest BCUT2D eigenvalue weighted by Gasteiger charge is -2.15. The summed E-state index contributed by atoms with van der Waals surface area (Å²) >= 11 is 0. The maximum atomic E-state index is 13.1. The molecule has 0 spiro atoms. The van der Waals surface area contributed by atoms with Gasteiger partial charge in [-0.1, -0.05) is 32.8 Å². The number of rotatable bonds is 13. The zero-order valence-corrected chi connectivity index (χ0v) is 18.7. The van der Waals surface area contributed by atoms with E-state index in [2.05, 4.69) is 13.8 Å². The van der Waals surface area contributed by atoms with E-state index in [4.69, 9.17) is 18.9 Å². The van der Waals surface area contributed by atoms with E-state index >= 15 is 0 Å². The van der Waals surface area contributed by atoms with Crippen molar-refractivity contribution in [3.63, 3.8) is 0 Å². The third-order valence-electron chi connectivity index (χ3n) is 4.38. The van der Waals surface area contributed by atoms with Crippen molar-refractivity contribution in [1.29, 1.82) is 0 Å². The fourth-order valence-electron chi connectivity index (χ4n) is 2.74. The normalized spacial score (nSPS) is 10.9. The second-order valence-electron chi connectivity index (χ2n) is 6.55. The Bertz CT molecular complexity index is 769. The van der Waals surface area contributed by atoms with Crippen LogP contribution >= 0.6 is 8.58 Å². The second kappa shape index (κ2) is 12.3. The quantitative estimate of drug-likeness (QED) is 0.330. The van der Waals surface area contributed by atoms with E-state index in [1.807, 2.05) is 18.2 Å². The van der Waals surface area contributed by atoms with E-state index in [0.717, 1.165) is 36.7 Å². The lowest BCUT2D eigenvalue weighted by molar-refractivity contribution is 0.108. The van der Waals surface area contributed by atoms with Crippen LogP contribution in [0.2, 0.25) is 0 Å². The van der Waals surface area contributed by atoms with Crippen LogP contribution in [0.25, 0.3) is 0 Å². The first kappa shape index (κ1) is 23.0. The Morgan fingerprint density at radius 1 is 0.862 bits per heavy atom. The molecule has 158 valence electrons. The molecule has 0 heterocycles. The molecule has 6 heteroatoms. The molecule has 0 aliphatic rings. The number of unbranched alkanes of at least 4 members (excludes halogenated alkanes) is 2. The van der Waals surface area contributed by atoms with E-state index in [-0.39, 0.29) is 14.1 Å². The highest BCUT2D eigenvalue weighted by Gasteiger charge is 2.20. The number of methoxy groups -OCH3 is 2. The minimum absolute atomic E-state index is 0.0562. The minimum atomic E-state index is -0.115. The van der Waals surface area contributed by atoms with Gasteiger partial charge in [0, 0.05) is 11.4 Å². The Morgan fingerprint density at radius 2 is 1.48 bits per heavy atom. The summed E-state index contributed by atoms with van der Waals surface area (Å²) in [4.78, 5) is 13.1. The molecule has 1 unspecified atom stereocenters. The topological polar surface area (TPSA) is 54.0 Å². The molecule has 1 atom stereocenters. The summed E-state index contributed by atoms with van der Waals surface area (Å²) in [7, 11) is 2.99.